The van der Waals surface area contributed by atoms with Crippen LogP contribution in [-0.2, 0) is 13.5 Å². The van der Waals surface area contributed by atoms with Gasteiger partial charge in [-0.3, -0.25) is 14.3 Å². The maximum absolute atomic E-state index is 12.8. The Bertz CT molecular complexity index is 1180. The highest BCUT2D eigenvalue weighted by Gasteiger charge is 2.18. The number of nitrogens with zero attached hydrogens (tertiary/aromatic N) is 2. The van der Waals surface area contributed by atoms with Gasteiger partial charge in [0.05, 0.1) is 21.8 Å². The molecule has 2 aromatic carbocycles. The molecule has 2 heterocycles. The number of carbonyl (C=O) groups is 2. The zero-order valence-corrected chi connectivity index (χ0v) is 17.6. The Morgan fingerprint density at radius 2 is 1.77 bits per heavy atom. The summed E-state index contributed by atoms with van der Waals surface area (Å²) in [6, 6.07) is 18.9. The van der Waals surface area contributed by atoms with Crippen molar-refractivity contribution < 1.29 is 9.59 Å². The third-order valence-corrected chi connectivity index (χ3v) is 6.08. The number of carbonyl (C=O) groups excluding carboxylic acids is 2. The summed E-state index contributed by atoms with van der Waals surface area (Å²) in [6.45, 7) is 2.44. The summed E-state index contributed by atoms with van der Waals surface area (Å²) in [4.78, 5) is 27.0. The molecule has 2 aromatic heterocycles. The van der Waals surface area contributed by atoms with Crippen LogP contribution in [0.2, 0.25) is 0 Å². The maximum Gasteiger partial charge on any atom is 0.265 e. The van der Waals surface area contributed by atoms with Crippen LogP contribution in [0.1, 0.15) is 31.3 Å². The van der Waals surface area contributed by atoms with Crippen LogP contribution in [-0.4, -0.2) is 28.1 Å². The largest absolute Gasteiger partial charge is 0.352 e. The fourth-order valence-corrected chi connectivity index (χ4v) is 4.37. The van der Waals surface area contributed by atoms with E-state index in [1.807, 2.05) is 50.4 Å². The first-order valence-electron chi connectivity index (χ1n) is 9.68. The Balaban J connectivity index is 1.46. The number of aryl methyl sites for hydroxylation is 2. The number of amides is 2. The van der Waals surface area contributed by atoms with Crippen molar-refractivity contribution in [1.29, 1.82) is 0 Å². The number of para-hydroxylation sites is 1. The topological polar surface area (TPSA) is 76.0 Å². The second-order valence-corrected chi connectivity index (χ2v) is 8.06. The smallest absolute Gasteiger partial charge is 0.265 e. The van der Waals surface area contributed by atoms with Crippen LogP contribution in [0.25, 0.3) is 10.2 Å². The van der Waals surface area contributed by atoms with Gasteiger partial charge in [0.25, 0.3) is 11.8 Å². The van der Waals surface area contributed by atoms with Gasteiger partial charge in [-0.15, -0.1) is 11.3 Å². The van der Waals surface area contributed by atoms with Crippen LogP contribution in [0.4, 0.5) is 5.69 Å². The average Bonchev–Trinajstić information content (AvgIpc) is 3.30. The lowest BCUT2D eigenvalue weighted by Crippen LogP contribution is -2.27. The molecule has 0 aliphatic heterocycles. The van der Waals surface area contributed by atoms with Crippen molar-refractivity contribution in [2.45, 2.75) is 13.3 Å². The number of anilines is 1. The Hall–Kier alpha value is -3.45. The quantitative estimate of drug-likeness (QED) is 0.493. The van der Waals surface area contributed by atoms with Crippen molar-refractivity contribution in [2.24, 2.45) is 7.05 Å². The maximum atomic E-state index is 12.8. The first-order chi connectivity index (χ1) is 14.5. The van der Waals surface area contributed by atoms with Gasteiger partial charge in [0, 0.05) is 19.0 Å². The van der Waals surface area contributed by atoms with Crippen LogP contribution < -0.4 is 10.6 Å². The lowest BCUT2D eigenvalue weighted by atomic mass is 10.1. The zero-order chi connectivity index (χ0) is 21.1. The molecule has 0 unspecified atom stereocenters. The van der Waals surface area contributed by atoms with Crippen LogP contribution in [0.5, 0.6) is 0 Å². The van der Waals surface area contributed by atoms with E-state index in [4.69, 9.17) is 0 Å². The van der Waals surface area contributed by atoms with Gasteiger partial charge < -0.3 is 10.6 Å². The van der Waals surface area contributed by atoms with E-state index in [1.165, 1.54) is 11.3 Å². The van der Waals surface area contributed by atoms with Crippen LogP contribution in [0, 0.1) is 6.92 Å². The van der Waals surface area contributed by atoms with E-state index in [-0.39, 0.29) is 11.8 Å². The minimum Gasteiger partial charge on any atom is -0.352 e. The molecule has 4 rings (SSSR count). The van der Waals surface area contributed by atoms with Crippen molar-refractivity contribution in [3.63, 3.8) is 0 Å². The van der Waals surface area contributed by atoms with E-state index < -0.39 is 0 Å². The van der Waals surface area contributed by atoms with Gasteiger partial charge in [-0.1, -0.05) is 42.5 Å². The summed E-state index contributed by atoms with van der Waals surface area (Å²) < 4.78 is 1.78. The number of fused-ring (bicyclic) bond motifs is 1. The molecule has 0 saturated heterocycles. The van der Waals surface area contributed by atoms with Gasteiger partial charge >= 0.3 is 0 Å². The lowest BCUT2D eigenvalue weighted by Gasteiger charge is -2.11. The minimum atomic E-state index is -0.236. The van der Waals surface area contributed by atoms with Crippen molar-refractivity contribution in [3.8, 4) is 0 Å². The Labute approximate surface area is 178 Å². The molecular formula is C23H22N4O2S. The number of nitrogens with one attached hydrogen (secondary N) is 2. The van der Waals surface area contributed by atoms with Gasteiger partial charge in [-0.2, -0.15) is 5.10 Å². The number of benzene rings is 2. The second kappa shape index (κ2) is 8.51. The number of hydrogen-bond acceptors (Lipinski definition) is 4. The molecule has 4 aromatic rings. The molecule has 0 saturated carbocycles. The van der Waals surface area contributed by atoms with Gasteiger partial charge in [-0.05, 0) is 37.1 Å². The molecule has 0 spiro atoms. The van der Waals surface area contributed by atoms with Gasteiger partial charge in [0.2, 0.25) is 0 Å². The Morgan fingerprint density at radius 1 is 1.03 bits per heavy atom. The molecular weight excluding hydrogens is 396 g/mol. The van der Waals surface area contributed by atoms with E-state index in [1.54, 1.807) is 28.9 Å². The van der Waals surface area contributed by atoms with Crippen molar-refractivity contribution in [2.75, 3.05) is 11.9 Å². The minimum absolute atomic E-state index is 0.210. The first-order valence-corrected chi connectivity index (χ1v) is 10.5. The Kier molecular flexibility index (Phi) is 5.63. The molecule has 0 fully saturated rings. The fourth-order valence-electron chi connectivity index (χ4n) is 3.35. The molecule has 30 heavy (non-hydrogen) atoms. The molecule has 0 aliphatic carbocycles. The van der Waals surface area contributed by atoms with E-state index >= 15 is 0 Å². The second-order valence-electron chi connectivity index (χ2n) is 7.03. The number of thiophene rings is 1. The molecule has 0 atom stereocenters. The SMILES string of the molecule is Cc1nn(C)c2sc(C(=O)Nc3ccccc3C(=O)NCCc3ccccc3)cc12. The highest BCUT2D eigenvalue weighted by molar-refractivity contribution is 7.20. The third kappa shape index (κ3) is 4.11. The molecule has 0 bridgehead atoms. The van der Waals surface area contributed by atoms with Crippen molar-refractivity contribution >= 4 is 39.1 Å². The predicted octanol–water partition coefficient (Wildman–Crippen LogP) is 4.17. The van der Waals surface area contributed by atoms with Gasteiger partial charge in [0.15, 0.2) is 0 Å². The highest BCUT2D eigenvalue weighted by Crippen LogP contribution is 2.28. The van der Waals surface area contributed by atoms with Crippen molar-refractivity contribution in [3.05, 3.63) is 82.4 Å². The standard InChI is InChI=1S/C23H22N4O2S/c1-15-18-14-20(30-23(18)27(2)26-15)22(29)25-19-11-7-6-10-17(19)21(28)24-13-12-16-8-4-3-5-9-16/h3-11,14H,12-13H2,1-2H3,(H,24,28)(H,25,29). The summed E-state index contributed by atoms with van der Waals surface area (Å²) >= 11 is 1.39. The predicted molar refractivity (Wildman–Crippen MR) is 120 cm³/mol. The van der Waals surface area contributed by atoms with E-state index in [2.05, 4.69) is 15.7 Å². The number of hydrogen-bond donors (Lipinski definition) is 2. The lowest BCUT2D eigenvalue weighted by molar-refractivity contribution is 0.0955. The summed E-state index contributed by atoms with van der Waals surface area (Å²) in [5.74, 6) is -0.446. The van der Waals surface area contributed by atoms with E-state index in [0.29, 0.717) is 22.7 Å². The zero-order valence-electron chi connectivity index (χ0n) is 16.8. The number of aromatic nitrogens is 2. The Morgan fingerprint density at radius 3 is 2.53 bits per heavy atom. The van der Waals surface area contributed by atoms with Crippen LogP contribution >= 0.6 is 11.3 Å². The molecule has 0 radical (unpaired) electrons. The fraction of sp³-hybridized carbons (Fsp3) is 0.174. The summed E-state index contributed by atoms with van der Waals surface area (Å²) in [5.41, 5.74) is 2.99. The summed E-state index contributed by atoms with van der Waals surface area (Å²) in [7, 11) is 1.86. The van der Waals surface area contributed by atoms with E-state index in [9.17, 15) is 9.59 Å². The molecule has 152 valence electrons. The molecule has 7 heteroatoms. The van der Waals surface area contributed by atoms with E-state index in [0.717, 1.165) is 27.9 Å². The van der Waals surface area contributed by atoms with Crippen molar-refractivity contribution in [1.82, 2.24) is 15.1 Å². The van der Waals surface area contributed by atoms with Gasteiger partial charge in [-0.25, -0.2) is 0 Å². The molecule has 0 aliphatic rings. The highest BCUT2D eigenvalue weighted by atomic mass is 32.1. The summed E-state index contributed by atoms with van der Waals surface area (Å²) in [5, 5.41) is 11.2. The average molecular weight is 419 g/mol. The third-order valence-electron chi connectivity index (χ3n) is 4.88. The first kappa shape index (κ1) is 19.8. The normalized spacial score (nSPS) is 10.9. The molecule has 6 nitrogen and oxygen atoms in total. The molecule has 2 N–H and O–H groups in total. The number of rotatable bonds is 6. The molecule has 2 amide bonds. The van der Waals surface area contributed by atoms with Gasteiger partial charge in [0.1, 0.15) is 4.83 Å². The monoisotopic (exact) mass is 418 g/mol. The summed E-state index contributed by atoms with van der Waals surface area (Å²) in [6.07, 6.45) is 0.746. The van der Waals surface area contributed by atoms with Crippen LogP contribution in [0.15, 0.2) is 60.7 Å². The van der Waals surface area contributed by atoms with Crippen LogP contribution in [0.3, 0.4) is 0 Å².